The number of hydrogen-bond donors (Lipinski definition) is 1. The first-order valence-corrected chi connectivity index (χ1v) is 18.2. The van der Waals surface area contributed by atoms with Crippen molar-refractivity contribution in [3.05, 3.63) is 59.2 Å². The first kappa shape index (κ1) is 38.7. The van der Waals surface area contributed by atoms with Gasteiger partial charge in [-0.15, -0.1) is 0 Å². The molecule has 0 unspecified atom stereocenters. The molecule has 0 aliphatic carbocycles. The lowest BCUT2D eigenvalue weighted by molar-refractivity contribution is -0.142. The topological polar surface area (TPSA) is 103 Å². The molecule has 1 N–H and O–H groups in total. The number of methoxy groups -OCH3 is 2. The zero-order chi connectivity index (χ0) is 38.1. The first-order valence-electron chi connectivity index (χ1n) is 18.2. The van der Waals surface area contributed by atoms with E-state index in [0.717, 1.165) is 17.7 Å². The number of carbonyl (C=O) groups is 3. The number of halogens is 5. The van der Waals surface area contributed by atoms with Crippen LogP contribution in [-0.2, 0) is 25.3 Å². The number of rotatable bonds is 10. The van der Waals surface area contributed by atoms with E-state index in [1.165, 1.54) is 11.0 Å². The quantitative estimate of drug-likeness (QED) is 0.332. The molecule has 4 fully saturated rings. The highest BCUT2D eigenvalue weighted by Crippen LogP contribution is 2.44. The minimum Gasteiger partial charge on any atom is -0.497 e. The van der Waals surface area contributed by atoms with Crippen molar-refractivity contribution >= 4 is 23.5 Å². The van der Waals surface area contributed by atoms with Crippen molar-refractivity contribution in [1.82, 2.24) is 14.7 Å². The van der Waals surface area contributed by atoms with E-state index in [0.29, 0.717) is 42.9 Å². The number of nitrogens with zero attached hydrogens (tertiary/aromatic N) is 4. The second kappa shape index (κ2) is 15.8. The summed E-state index contributed by atoms with van der Waals surface area (Å²) in [5.74, 6) is -5.44. The molecule has 53 heavy (non-hydrogen) atoms. The normalized spacial score (nSPS) is 25.5. The van der Waals surface area contributed by atoms with Gasteiger partial charge in [0.05, 0.1) is 37.7 Å². The molecule has 4 saturated heterocycles. The molecule has 2 aromatic carbocycles. The monoisotopic (exact) mass is 750 g/mol. The molecule has 10 nitrogen and oxygen atoms in total. The van der Waals surface area contributed by atoms with Crippen LogP contribution in [0.25, 0.3) is 0 Å². The van der Waals surface area contributed by atoms with Crippen LogP contribution in [0.1, 0.15) is 54.2 Å². The number of likely N-dealkylation sites (tertiary alicyclic amines) is 3. The predicted octanol–water partition coefficient (Wildman–Crippen LogP) is 5.18. The second-order valence-electron chi connectivity index (χ2n) is 14.9. The number of carbonyl (C=O) groups excluding carboxylic acids is 2. The lowest BCUT2D eigenvalue weighted by Crippen LogP contribution is -2.46. The Bertz CT molecular complexity index is 1620. The SMILES string of the molecule is COC[C@H]1CN(C(=O)[C@@H]2CN(CC(=O)N3CCC(F)(F)CC3)C[C@H]2c2ccc(OC)cc2)C[C@@H]1c1ccc(C(F)(F)F)cc1N1CCC(C(=O)O)CC1. The molecule has 4 aliphatic rings. The largest absolute Gasteiger partial charge is 0.497 e. The minimum absolute atomic E-state index is 0.00951. The van der Waals surface area contributed by atoms with E-state index in [4.69, 9.17) is 9.47 Å². The molecular weight excluding hydrogens is 703 g/mol. The summed E-state index contributed by atoms with van der Waals surface area (Å²) in [4.78, 5) is 46.4. The van der Waals surface area contributed by atoms with Crippen molar-refractivity contribution in [2.24, 2.45) is 17.8 Å². The zero-order valence-corrected chi connectivity index (χ0v) is 30.0. The Kier molecular flexibility index (Phi) is 11.5. The van der Waals surface area contributed by atoms with Gasteiger partial charge in [-0.05, 0) is 48.2 Å². The Morgan fingerprint density at radius 3 is 2.15 bits per heavy atom. The van der Waals surface area contributed by atoms with E-state index in [2.05, 4.69) is 0 Å². The van der Waals surface area contributed by atoms with Crippen LogP contribution in [0.5, 0.6) is 5.75 Å². The van der Waals surface area contributed by atoms with Crippen LogP contribution in [0.4, 0.5) is 27.6 Å². The van der Waals surface area contributed by atoms with Crippen molar-refractivity contribution in [2.75, 3.05) is 84.6 Å². The number of carboxylic acids is 1. The van der Waals surface area contributed by atoms with Crippen molar-refractivity contribution in [3.63, 3.8) is 0 Å². The zero-order valence-electron chi connectivity index (χ0n) is 30.0. The maximum atomic E-state index is 14.6. The molecule has 4 atom stereocenters. The molecule has 290 valence electrons. The van der Waals surface area contributed by atoms with Gasteiger partial charge in [-0.25, -0.2) is 8.78 Å². The average Bonchev–Trinajstić information content (AvgIpc) is 3.75. The highest BCUT2D eigenvalue weighted by atomic mass is 19.4. The lowest BCUT2D eigenvalue weighted by atomic mass is 9.86. The fourth-order valence-corrected chi connectivity index (χ4v) is 8.52. The minimum atomic E-state index is -4.58. The molecule has 2 amide bonds. The number of anilines is 1. The van der Waals surface area contributed by atoms with Gasteiger partial charge < -0.3 is 29.3 Å². The lowest BCUT2D eigenvalue weighted by Gasteiger charge is -2.35. The first-order chi connectivity index (χ1) is 25.2. The third-order valence-electron chi connectivity index (χ3n) is 11.5. The molecule has 4 aliphatic heterocycles. The number of benzene rings is 2. The molecule has 0 radical (unpaired) electrons. The Hall–Kier alpha value is -3.98. The molecule has 2 aromatic rings. The second-order valence-corrected chi connectivity index (χ2v) is 14.9. The number of hydrogen-bond acceptors (Lipinski definition) is 7. The fraction of sp³-hybridized carbons (Fsp3) is 0.605. The number of piperidine rings is 2. The molecule has 0 bridgehead atoms. The van der Waals surface area contributed by atoms with Crippen molar-refractivity contribution in [3.8, 4) is 5.75 Å². The molecule has 0 aromatic heterocycles. The summed E-state index contributed by atoms with van der Waals surface area (Å²) in [6.07, 6.45) is -4.73. The summed E-state index contributed by atoms with van der Waals surface area (Å²) in [5.41, 5.74) is 1.13. The predicted molar refractivity (Wildman–Crippen MR) is 185 cm³/mol. The fourth-order valence-electron chi connectivity index (χ4n) is 8.52. The van der Waals surface area contributed by atoms with E-state index in [-0.39, 0.29) is 94.8 Å². The van der Waals surface area contributed by atoms with Crippen LogP contribution in [0, 0.1) is 17.8 Å². The number of aliphatic carboxylic acids is 1. The maximum absolute atomic E-state index is 14.6. The van der Waals surface area contributed by atoms with Gasteiger partial charge in [0.25, 0.3) is 5.92 Å². The Morgan fingerprint density at radius 1 is 0.868 bits per heavy atom. The Morgan fingerprint density at radius 2 is 1.55 bits per heavy atom. The van der Waals surface area contributed by atoms with E-state index in [1.807, 2.05) is 34.1 Å². The smallest absolute Gasteiger partial charge is 0.416 e. The van der Waals surface area contributed by atoms with Gasteiger partial charge >= 0.3 is 12.1 Å². The van der Waals surface area contributed by atoms with Crippen molar-refractivity contribution in [1.29, 1.82) is 0 Å². The van der Waals surface area contributed by atoms with E-state index in [1.54, 1.807) is 19.1 Å². The Labute approximate surface area is 305 Å². The van der Waals surface area contributed by atoms with Gasteiger partial charge in [-0.3, -0.25) is 19.3 Å². The third kappa shape index (κ3) is 8.72. The van der Waals surface area contributed by atoms with Gasteiger partial charge in [-0.2, -0.15) is 13.2 Å². The Balaban J connectivity index is 1.25. The van der Waals surface area contributed by atoms with E-state index in [9.17, 15) is 41.4 Å². The molecule has 0 spiro atoms. The van der Waals surface area contributed by atoms with E-state index >= 15 is 0 Å². The van der Waals surface area contributed by atoms with Gasteiger partial charge in [0, 0.05) is 95.8 Å². The summed E-state index contributed by atoms with van der Waals surface area (Å²) >= 11 is 0. The molecule has 0 saturated carbocycles. The summed E-state index contributed by atoms with van der Waals surface area (Å²) in [7, 11) is 3.10. The van der Waals surface area contributed by atoms with Crippen LogP contribution < -0.4 is 9.64 Å². The number of alkyl halides is 5. The standard InChI is InChI=1S/C38H47F5N4O6/c1-52-23-26-18-47(21-31(26)29-8-5-27(38(41,42)43)17-33(29)45-13-9-25(10-14-45)36(50)51)35(49)32-20-44(19-30(32)24-3-6-28(53-2)7-4-24)22-34(48)46-15-11-37(39,40)12-16-46/h3-8,17,25-26,30-32H,9-16,18-23H2,1-2H3,(H,50,51)/t26-,30+,31+,32-/m1/s1. The van der Waals surface area contributed by atoms with Crippen molar-refractivity contribution in [2.45, 2.75) is 49.6 Å². The molecule has 15 heteroatoms. The summed E-state index contributed by atoms with van der Waals surface area (Å²) in [5, 5.41) is 9.52. The highest BCUT2D eigenvalue weighted by molar-refractivity contribution is 5.82. The maximum Gasteiger partial charge on any atom is 0.416 e. The van der Waals surface area contributed by atoms with Crippen LogP contribution in [0.2, 0.25) is 0 Å². The van der Waals surface area contributed by atoms with Crippen LogP contribution in [0.15, 0.2) is 42.5 Å². The van der Waals surface area contributed by atoms with Gasteiger partial charge in [-0.1, -0.05) is 18.2 Å². The van der Waals surface area contributed by atoms with Gasteiger partial charge in [0.15, 0.2) is 0 Å². The number of ether oxygens (including phenoxy) is 2. The highest BCUT2D eigenvalue weighted by Gasteiger charge is 2.46. The van der Waals surface area contributed by atoms with Crippen molar-refractivity contribution < 1.29 is 50.9 Å². The summed E-state index contributed by atoms with van der Waals surface area (Å²) in [6.45, 7) is 1.99. The number of carboxylic acid groups (broad SMARTS) is 1. The summed E-state index contributed by atoms with van der Waals surface area (Å²) < 4.78 is 80.4. The molecule has 4 heterocycles. The average molecular weight is 751 g/mol. The van der Waals surface area contributed by atoms with Gasteiger partial charge in [0.2, 0.25) is 11.8 Å². The van der Waals surface area contributed by atoms with Crippen LogP contribution >= 0.6 is 0 Å². The van der Waals surface area contributed by atoms with Gasteiger partial charge in [0.1, 0.15) is 5.75 Å². The van der Waals surface area contributed by atoms with Crippen LogP contribution in [0.3, 0.4) is 0 Å². The summed E-state index contributed by atoms with van der Waals surface area (Å²) in [6, 6.07) is 11.1. The van der Waals surface area contributed by atoms with E-state index < -0.39 is 35.5 Å². The third-order valence-corrected chi connectivity index (χ3v) is 11.5. The number of amides is 2. The molecular formula is C38H47F5N4O6. The van der Waals surface area contributed by atoms with Crippen LogP contribution in [-0.4, -0.2) is 123 Å². The molecule has 6 rings (SSSR count).